The molecule has 136 valence electrons. The van der Waals surface area contributed by atoms with Gasteiger partial charge in [-0.3, -0.25) is 5.10 Å². The topological polar surface area (TPSA) is 83.9 Å². The molecule has 0 aliphatic heterocycles. The Morgan fingerprint density at radius 2 is 1.93 bits per heavy atom. The number of halogens is 3. The Labute approximate surface area is 156 Å². The van der Waals surface area contributed by atoms with Crippen molar-refractivity contribution in [3.05, 3.63) is 64.8 Å². The third-order valence-corrected chi connectivity index (χ3v) is 4.19. The number of nitrogens with one attached hydrogen (secondary N) is 1. The lowest BCUT2D eigenvalue weighted by Gasteiger charge is -2.08. The van der Waals surface area contributed by atoms with Crippen LogP contribution in [0.2, 0.25) is 5.02 Å². The molecule has 0 unspecified atom stereocenters. The maximum atomic E-state index is 13.8. The van der Waals surface area contributed by atoms with Crippen LogP contribution in [0, 0.1) is 11.6 Å². The molecule has 4 rings (SSSR count). The van der Waals surface area contributed by atoms with E-state index in [-0.39, 0.29) is 23.1 Å². The minimum atomic E-state index is -0.900. The molecule has 0 radical (unpaired) electrons. The van der Waals surface area contributed by atoms with Gasteiger partial charge in [0.1, 0.15) is 5.82 Å². The Bertz CT molecular complexity index is 1150. The number of hydrogen-bond acceptors (Lipinski definition) is 5. The summed E-state index contributed by atoms with van der Waals surface area (Å²) in [6.45, 7) is -0.432. The van der Waals surface area contributed by atoms with E-state index < -0.39 is 18.2 Å². The number of nitrogens with zero attached hydrogens (tertiary/aromatic N) is 3. The molecule has 0 atom stereocenters. The zero-order valence-corrected chi connectivity index (χ0v) is 14.3. The third-order valence-electron chi connectivity index (χ3n) is 3.86. The van der Waals surface area contributed by atoms with Crippen molar-refractivity contribution >= 4 is 22.6 Å². The average molecular weight is 389 g/mol. The molecule has 2 aromatic heterocycles. The van der Waals surface area contributed by atoms with Gasteiger partial charge < -0.3 is 9.84 Å². The largest absolute Gasteiger partial charge is 0.421 e. The van der Waals surface area contributed by atoms with E-state index in [1.165, 1.54) is 0 Å². The highest BCUT2D eigenvalue weighted by Gasteiger charge is 2.19. The van der Waals surface area contributed by atoms with Crippen molar-refractivity contribution in [2.45, 2.75) is 6.61 Å². The van der Waals surface area contributed by atoms with E-state index in [9.17, 15) is 13.9 Å². The maximum Gasteiger partial charge on any atom is 0.324 e. The third kappa shape index (κ3) is 3.20. The van der Waals surface area contributed by atoms with Gasteiger partial charge in [0, 0.05) is 16.7 Å². The Kier molecular flexibility index (Phi) is 4.43. The molecule has 2 aromatic carbocycles. The molecule has 0 bridgehead atoms. The van der Waals surface area contributed by atoms with E-state index in [0.717, 1.165) is 12.1 Å². The molecule has 0 aliphatic carbocycles. The second-order valence-electron chi connectivity index (χ2n) is 5.56. The number of ether oxygens (including phenoxy) is 1. The number of aromatic amines is 1. The lowest BCUT2D eigenvalue weighted by atomic mass is 10.1. The van der Waals surface area contributed by atoms with Gasteiger partial charge in [-0.25, -0.2) is 8.78 Å². The minimum Gasteiger partial charge on any atom is -0.421 e. The first-order valence-electron chi connectivity index (χ1n) is 7.80. The van der Waals surface area contributed by atoms with Crippen molar-refractivity contribution in [2.24, 2.45) is 0 Å². The summed E-state index contributed by atoms with van der Waals surface area (Å²) in [4.78, 5) is 8.25. The molecule has 2 N–H and O–H groups in total. The van der Waals surface area contributed by atoms with Crippen LogP contribution in [0.15, 0.2) is 42.5 Å². The highest BCUT2D eigenvalue weighted by atomic mass is 35.5. The highest BCUT2D eigenvalue weighted by Crippen LogP contribution is 2.33. The van der Waals surface area contributed by atoms with Gasteiger partial charge in [0.05, 0.1) is 23.4 Å². The van der Waals surface area contributed by atoms with E-state index in [2.05, 4.69) is 20.2 Å². The molecule has 0 saturated carbocycles. The van der Waals surface area contributed by atoms with E-state index in [0.29, 0.717) is 27.7 Å². The van der Waals surface area contributed by atoms with Gasteiger partial charge >= 0.3 is 6.01 Å². The number of H-pyrrole nitrogens is 1. The highest BCUT2D eigenvalue weighted by molar-refractivity contribution is 6.33. The first kappa shape index (κ1) is 17.3. The fourth-order valence-electron chi connectivity index (χ4n) is 2.65. The van der Waals surface area contributed by atoms with Crippen molar-refractivity contribution in [3.63, 3.8) is 0 Å². The quantitative estimate of drug-likeness (QED) is 0.546. The van der Waals surface area contributed by atoms with Gasteiger partial charge in [0.25, 0.3) is 0 Å². The fourth-order valence-corrected chi connectivity index (χ4v) is 2.88. The number of benzene rings is 2. The Hall–Kier alpha value is -3.10. The van der Waals surface area contributed by atoms with E-state index in [1.807, 2.05) is 6.07 Å². The number of fused-ring (bicyclic) bond motifs is 1. The molecule has 6 nitrogen and oxygen atoms in total. The van der Waals surface area contributed by atoms with E-state index in [1.54, 1.807) is 18.2 Å². The molecular weight excluding hydrogens is 378 g/mol. The molecule has 0 spiro atoms. The van der Waals surface area contributed by atoms with Gasteiger partial charge in [0.15, 0.2) is 17.2 Å². The number of rotatable bonds is 4. The van der Waals surface area contributed by atoms with Crippen molar-refractivity contribution in [1.29, 1.82) is 0 Å². The van der Waals surface area contributed by atoms with Crippen molar-refractivity contribution in [3.8, 4) is 23.0 Å². The van der Waals surface area contributed by atoms with Gasteiger partial charge in [-0.05, 0) is 18.2 Å². The first-order chi connectivity index (χ1) is 13.1. The van der Waals surface area contributed by atoms with Crippen LogP contribution >= 0.6 is 11.6 Å². The second kappa shape index (κ2) is 6.90. The predicted molar refractivity (Wildman–Crippen MR) is 94.5 cm³/mol. The summed E-state index contributed by atoms with van der Waals surface area (Å²) in [5.74, 6) is -1.88. The smallest absolute Gasteiger partial charge is 0.324 e. The Morgan fingerprint density at radius 1 is 1.11 bits per heavy atom. The molecular formula is C18H11ClF2N4O2. The lowest BCUT2D eigenvalue weighted by Crippen LogP contribution is -2.00. The fraction of sp³-hybridized carbons (Fsp3) is 0.0556. The molecule has 0 aliphatic rings. The Morgan fingerprint density at radius 3 is 2.67 bits per heavy atom. The molecule has 9 heteroatoms. The summed E-state index contributed by atoms with van der Waals surface area (Å²) in [6.07, 6.45) is 0. The normalized spacial score (nSPS) is 11.1. The molecule has 0 fully saturated rings. The number of aliphatic hydroxyl groups excluding tert-OH is 1. The standard InChI is InChI=1S/C18H11ClF2N4O2/c19-11-4-2-1-3-10(11)16-15-13(8-26)22-18(23-17(15)25-24-16)27-14-6-5-9(20)7-12(14)21/h1-7,26H,8H2,(H,22,23,24,25). The summed E-state index contributed by atoms with van der Waals surface area (Å²) >= 11 is 6.23. The van der Waals surface area contributed by atoms with Gasteiger partial charge in [-0.2, -0.15) is 15.1 Å². The van der Waals surface area contributed by atoms with Crippen LogP contribution in [0.4, 0.5) is 8.78 Å². The predicted octanol–water partition coefficient (Wildman–Crippen LogP) is 4.24. The van der Waals surface area contributed by atoms with Crippen LogP contribution in [-0.2, 0) is 6.61 Å². The molecule has 2 heterocycles. The van der Waals surface area contributed by atoms with Crippen LogP contribution in [0.1, 0.15) is 5.69 Å². The molecule has 0 amide bonds. The van der Waals surface area contributed by atoms with E-state index >= 15 is 0 Å². The summed E-state index contributed by atoms with van der Waals surface area (Å²) < 4.78 is 32.1. The van der Waals surface area contributed by atoms with Gasteiger partial charge in [-0.15, -0.1) is 0 Å². The SMILES string of the molecule is OCc1nc(Oc2ccc(F)cc2F)nc2n[nH]c(-c3ccccc3Cl)c12. The zero-order valence-electron chi connectivity index (χ0n) is 13.6. The van der Waals surface area contributed by atoms with Gasteiger partial charge in [0.2, 0.25) is 0 Å². The summed E-state index contributed by atoms with van der Waals surface area (Å²) in [5, 5.41) is 17.6. The van der Waals surface area contributed by atoms with Crippen molar-refractivity contribution in [2.75, 3.05) is 0 Å². The van der Waals surface area contributed by atoms with Crippen LogP contribution < -0.4 is 4.74 Å². The van der Waals surface area contributed by atoms with Crippen LogP contribution in [0.3, 0.4) is 0 Å². The zero-order chi connectivity index (χ0) is 19.0. The number of hydrogen-bond donors (Lipinski definition) is 2. The first-order valence-corrected chi connectivity index (χ1v) is 8.18. The minimum absolute atomic E-state index is 0.210. The number of aliphatic hydroxyl groups is 1. The van der Waals surface area contributed by atoms with Crippen LogP contribution in [-0.4, -0.2) is 25.3 Å². The number of aromatic nitrogens is 4. The molecule has 0 saturated heterocycles. The Balaban J connectivity index is 1.81. The van der Waals surface area contributed by atoms with Gasteiger partial charge in [-0.1, -0.05) is 29.8 Å². The summed E-state index contributed by atoms with van der Waals surface area (Å²) in [7, 11) is 0. The van der Waals surface area contributed by atoms with Crippen molar-refractivity contribution in [1.82, 2.24) is 20.2 Å². The second-order valence-corrected chi connectivity index (χ2v) is 5.97. The summed E-state index contributed by atoms with van der Waals surface area (Å²) in [6, 6.07) is 9.73. The molecule has 27 heavy (non-hydrogen) atoms. The lowest BCUT2D eigenvalue weighted by molar-refractivity contribution is 0.276. The van der Waals surface area contributed by atoms with Crippen molar-refractivity contribution < 1.29 is 18.6 Å². The van der Waals surface area contributed by atoms with Crippen LogP contribution in [0.5, 0.6) is 11.8 Å². The monoisotopic (exact) mass is 388 g/mol. The maximum absolute atomic E-state index is 13.8. The van der Waals surface area contributed by atoms with E-state index in [4.69, 9.17) is 16.3 Å². The summed E-state index contributed by atoms with van der Waals surface area (Å²) in [5.41, 5.74) is 1.64. The van der Waals surface area contributed by atoms with Crippen LogP contribution in [0.25, 0.3) is 22.3 Å². The average Bonchev–Trinajstić information content (AvgIpc) is 3.07. The molecule has 4 aromatic rings.